The van der Waals surface area contributed by atoms with Crippen LogP contribution in [0.25, 0.3) is 0 Å². The summed E-state index contributed by atoms with van der Waals surface area (Å²) < 4.78 is 0. The summed E-state index contributed by atoms with van der Waals surface area (Å²) in [5, 5.41) is 8.57. The van der Waals surface area contributed by atoms with E-state index in [0.717, 1.165) is 12.8 Å². The molecule has 0 N–H and O–H groups in total. The predicted octanol–water partition coefficient (Wildman–Crippen LogP) is 3.72. The molecular formula is C15H24N2. The van der Waals surface area contributed by atoms with Gasteiger partial charge in [0.2, 0.25) is 0 Å². The minimum Gasteiger partial charge on any atom is -0.159 e. The molecule has 2 rings (SSSR count). The fraction of sp³-hybridized carbons (Fsp3) is 0.733. The lowest BCUT2D eigenvalue weighted by atomic mass is 9.84. The van der Waals surface area contributed by atoms with Crippen LogP contribution in [0.2, 0.25) is 0 Å². The van der Waals surface area contributed by atoms with E-state index in [1.807, 2.05) is 6.20 Å². The molecule has 0 saturated heterocycles. The standard InChI is InChI=1S/C15H24N2/c1-15(2,3)10-12-11-16-17-14-9-7-5-4-6-8-13(12)14/h11H,4-10H2,1-3H3. The zero-order valence-electron chi connectivity index (χ0n) is 11.4. The Balaban J connectivity index is 2.29. The van der Waals surface area contributed by atoms with Gasteiger partial charge in [-0.1, -0.05) is 33.6 Å². The normalized spacial score (nSPS) is 17.1. The molecular weight excluding hydrogens is 208 g/mol. The highest BCUT2D eigenvalue weighted by atomic mass is 15.1. The molecule has 1 aliphatic rings. The van der Waals surface area contributed by atoms with Crippen LogP contribution < -0.4 is 0 Å². The molecule has 1 heterocycles. The lowest BCUT2D eigenvalue weighted by Crippen LogP contribution is -2.14. The van der Waals surface area contributed by atoms with Crippen molar-refractivity contribution in [3.05, 3.63) is 23.0 Å². The van der Waals surface area contributed by atoms with Gasteiger partial charge in [-0.3, -0.25) is 0 Å². The van der Waals surface area contributed by atoms with Crippen LogP contribution in [0.1, 0.15) is 63.3 Å². The highest BCUT2D eigenvalue weighted by Gasteiger charge is 2.18. The van der Waals surface area contributed by atoms with Crippen molar-refractivity contribution >= 4 is 0 Å². The maximum Gasteiger partial charge on any atom is 0.0665 e. The Hall–Kier alpha value is -0.920. The lowest BCUT2D eigenvalue weighted by Gasteiger charge is -2.22. The molecule has 0 aromatic carbocycles. The summed E-state index contributed by atoms with van der Waals surface area (Å²) in [7, 11) is 0. The molecule has 0 saturated carbocycles. The number of aromatic nitrogens is 2. The average molecular weight is 232 g/mol. The van der Waals surface area contributed by atoms with Gasteiger partial charge in [0, 0.05) is 0 Å². The Morgan fingerprint density at radius 2 is 1.76 bits per heavy atom. The summed E-state index contributed by atoms with van der Waals surface area (Å²) in [6.45, 7) is 6.88. The van der Waals surface area contributed by atoms with Crippen LogP contribution in [0.15, 0.2) is 6.20 Å². The van der Waals surface area contributed by atoms with Crippen molar-refractivity contribution in [2.45, 2.75) is 65.7 Å². The van der Waals surface area contributed by atoms with Crippen LogP contribution in [0.4, 0.5) is 0 Å². The van der Waals surface area contributed by atoms with Crippen molar-refractivity contribution in [1.29, 1.82) is 0 Å². The fourth-order valence-electron chi connectivity index (χ4n) is 2.67. The average Bonchev–Trinajstić information content (AvgIpc) is 2.17. The van der Waals surface area contributed by atoms with Crippen LogP contribution in [-0.2, 0) is 19.3 Å². The zero-order valence-corrected chi connectivity index (χ0v) is 11.4. The van der Waals surface area contributed by atoms with Gasteiger partial charge in [0.25, 0.3) is 0 Å². The first kappa shape index (κ1) is 12.5. The van der Waals surface area contributed by atoms with Gasteiger partial charge in [-0.2, -0.15) is 10.2 Å². The summed E-state index contributed by atoms with van der Waals surface area (Å²) in [5.41, 5.74) is 4.55. The summed E-state index contributed by atoms with van der Waals surface area (Å²) in [5.74, 6) is 0. The summed E-state index contributed by atoms with van der Waals surface area (Å²) >= 11 is 0. The topological polar surface area (TPSA) is 25.8 Å². The van der Waals surface area contributed by atoms with Crippen LogP contribution >= 0.6 is 0 Å². The molecule has 0 aliphatic heterocycles. The molecule has 17 heavy (non-hydrogen) atoms. The number of hydrogen-bond donors (Lipinski definition) is 0. The minimum atomic E-state index is 0.333. The Morgan fingerprint density at radius 1 is 1.06 bits per heavy atom. The molecule has 0 amide bonds. The third-order valence-corrected chi connectivity index (χ3v) is 3.44. The second-order valence-electron chi connectivity index (χ2n) is 6.45. The van der Waals surface area contributed by atoms with E-state index in [-0.39, 0.29) is 0 Å². The molecule has 0 bridgehead atoms. The monoisotopic (exact) mass is 232 g/mol. The van der Waals surface area contributed by atoms with Crippen molar-refractivity contribution in [1.82, 2.24) is 10.2 Å². The molecule has 0 spiro atoms. The Kier molecular flexibility index (Phi) is 3.80. The lowest BCUT2D eigenvalue weighted by molar-refractivity contribution is 0.407. The van der Waals surface area contributed by atoms with E-state index >= 15 is 0 Å². The van der Waals surface area contributed by atoms with E-state index in [2.05, 4.69) is 31.0 Å². The molecule has 94 valence electrons. The largest absolute Gasteiger partial charge is 0.159 e. The van der Waals surface area contributed by atoms with Crippen molar-refractivity contribution in [3.63, 3.8) is 0 Å². The third kappa shape index (κ3) is 3.52. The third-order valence-electron chi connectivity index (χ3n) is 3.44. The van der Waals surface area contributed by atoms with Crippen molar-refractivity contribution in [3.8, 4) is 0 Å². The van der Waals surface area contributed by atoms with Gasteiger partial charge in [-0.05, 0) is 48.6 Å². The minimum absolute atomic E-state index is 0.333. The number of nitrogens with zero attached hydrogens (tertiary/aromatic N) is 2. The summed E-state index contributed by atoms with van der Waals surface area (Å²) in [6.07, 6.45) is 10.8. The molecule has 2 heteroatoms. The van der Waals surface area contributed by atoms with Crippen molar-refractivity contribution in [2.24, 2.45) is 5.41 Å². The van der Waals surface area contributed by atoms with E-state index in [1.54, 1.807) is 0 Å². The predicted molar refractivity (Wildman–Crippen MR) is 71.1 cm³/mol. The molecule has 0 radical (unpaired) electrons. The zero-order chi connectivity index (χ0) is 12.3. The first-order chi connectivity index (χ1) is 8.06. The van der Waals surface area contributed by atoms with Gasteiger partial charge >= 0.3 is 0 Å². The number of hydrogen-bond acceptors (Lipinski definition) is 2. The van der Waals surface area contributed by atoms with Gasteiger partial charge in [0.15, 0.2) is 0 Å². The van der Waals surface area contributed by atoms with Crippen molar-refractivity contribution in [2.75, 3.05) is 0 Å². The molecule has 1 aromatic heterocycles. The SMILES string of the molecule is CC(C)(C)Cc1cnnc2c1CCCCCC2. The maximum absolute atomic E-state index is 4.36. The van der Waals surface area contributed by atoms with E-state index in [0.29, 0.717) is 5.41 Å². The molecule has 0 atom stereocenters. The van der Waals surface area contributed by atoms with Gasteiger partial charge in [-0.15, -0.1) is 0 Å². The van der Waals surface area contributed by atoms with Gasteiger partial charge < -0.3 is 0 Å². The Bertz CT molecular complexity index is 377. The fourth-order valence-corrected chi connectivity index (χ4v) is 2.67. The Morgan fingerprint density at radius 3 is 2.47 bits per heavy atom. The van der Waals surface area contributed by atoms with Crippen LogP contribution in [0.5, 0.6) is 0 Å². The second-order valence-corrected chi connectivity index (χ2v) is 6.45. The Labute approximate surface area is 105 Å². The van der Waals surface area contributed by atoms with Crippen LogP contribution in [0.3, 0.4) is 0 Å². The van der Waals surface area contributed by atoms with Crippen molar-refractivity contribution < 1.29 is 0 Å². The number of rotatable bonds is 1. The van der Waals surface area contributed by atoms with Gasteiger partial charge in [0.05, 0.1) is 11.9 Å². The maximum atomic E-state index is 4.36. The highest BCUT2D eigenvalue weighted by molar-refractivity contribution is 5.29. The van der Waals surface area contributed by atoms with Crippen LogP contribution in [0, 0.1) is 5.41 Å². The summed E-state index contributed by atoms with van der Waals surface area (Å²) in [6, 6.07) is 0. The van der Waals surface area contributed by atoms with Gasteiger partial charge in [-0.25, -0.2) is 0 Å². The molecule has 0 fully saturated rings. The van der Waals surface area contributed by atoms with Gasteiger partial charge in [0.1, 0.15) is 0 Å². The molecule has 1 aromatic rings. The smallest absolute Gasteiger partial charge is 0.0665 e. The number of fused-ring (bicyclic) bond motifs is 1. The van der Waals surface area contributed by atoms with E-state index in [9.17, 15) is 0 Å². The van der Waals surface area contributed by atoms with E-state index in [1.165, 1.54) is 48.9 Å². The van der Waals surface area contributed by atoms with E-state index in [4.69, 9.17) is 0 Å². The first-order valence-corrected chi connectivity index (χ1v) is 6.88. The highest BCUT2D eigenvalue weighted by Crippen LogP contribution is 2.26. The van der Waals surface area contributed by atoms with Crippen LogP contribution in [-0.4, -0.2) is 10.2 Å². The second kappa shape index (κ2) is 5.16. The quantitative estimate of drug-likeness (QED) is 0.737. The molecule has 1 aliphatic carbocycles. The van der Waals surface area contributed by atoms with E-state index < -0.39 is 0 Å². The first-order valence-electron chi connectivity index (χ1n) is 6.88. The molecule has 0 unspecified atom stereocenters. The summed E-state index contributed by atoms with van der Waals surface area (Å²) in [4.78, 5) is 0. The molecule has 2 nitrogen and oxygen atoms in total. The number of aryl methyl sites for hydroxylation is 1.